The van der Waals surface area contributed by atoms with Crippen LogP contribution in [-0.2, 0) is 4.79 Å². The quantitative estimate of drug-likeness (QED) is 0.836. The number of carbonyl (C=O) groups excluding carboxylic acids is 1. The summed E-state index contributed by atoms with van der Waals surface area (Å²) in [5.41, 5.74) is 0.227. The molecule has 0 spiro atoms. The number of rotatable bonds is 4. The normalized spacial score (nSPS) is 18.6. The van der Waals surface area contributed by atoms with E-state index in [1.54, 1.807) is 25.1 Å². The summed E-state index contributed by atoms with van der Waals surface area (Å²) < 4.78 is 14.1. The van der Waals surface area contributed by atoms with E-state index in [9.17, 15) is 9.18 Å². The Bertz CT molecular complexity index is 490. The lowest BCUT2D eigenvalue weighted by atomic mass is 10.0. The Morgan fingerprint density at radius 3 is 2.65 bits per heavy atom. The fourth-order valence-electron chi connectivity index (χ4n) is 2.65. The van der Waals surface area contributed by atoms with Gasteiger partial charge in [-0.2, -0.15) is 0 Å². The summed E-state index contributed by atoms with van der Waals surface area (Å²) in [7, 11) is 3.48. The number of nitrogens with zero attached hydrogens (tertiary/aromatic N) is 1. The highest BCUT2D eigenvalue weighted by Crippen LogP contribution is 2.29. The van der Waals surface area contributed by atoms with Crippen LogP contribution in [0.2, 0.25) is 5.02 Å². The van der Waals surface area contributed by atoms with Gasteiger partial charge in [0.15, 0.2) is 0 Å². The predicted octanol–water partition coefficient (Wildman–Crippen LogP) is 2.79. The molecule has 1 heterocycles. The van der Waals surface area contributed by atoms with Crippen LogP contribution >= 0.6 is 36.4 Å². The maximum atomic E-state index is 14.1. The number of nitrogens with one attached hydrogen (secondary N) is 2. The van der Waals surface area contributed by atoms with Crippen molar-refractivity contribution >= 4 is 42.3 Å². The number of likely N-dealkylation sites (N-methyl/N-ethyl adjacent to an activating group) is 1. The molecule has 0 radical (unpaired) electrons. The third-order valence-electron chi connectivity index (χ3n) is 3.68. The molecule has 132 valence electrons. The summed E-state index contributed by atoms with van der Waals surface area (Å²) in [6, 6.07) is 3.82. The minimum absolute atomic E-state index is 0. The largest absolute Gasteiger partial charge is 0.350 e. The molecule has 1 aromatic carbocycles. The second-order valence-electron chi connectivity index (χ2n) is 5.55. The van der Waals surface area contributed by atoms with Crippen molar-refractivity contribution in [3.63, 3.8) is 0 Å². The van der Waals surface area contributed by atoms with Gasteiger partial charge < -0.3 is 10.6 Å². The Balaban J connectivity index is 0.00000242. The van der Waals surface area contributed by atoms with Crippen LogP contribution in [0.25, 0.3) is 0 Å². The summed E-state index contributed by atoms with van der Waals surface area (Å²) in [5, 5.41) is 6.50. The van der Waals surface area contributed by atoms with Crippen molar-refractivity contribution < 1.29 is 9.18 Å². The minimum Gasteiger partial charge on any atom is -0.350 e. The maximum absolute atomic E-state index is 14.1. The molecule has 1 aliphatic heterocycles. The van der Waals surface area contributed by atoms with E-state index in [2.05, 4.69) is 10.6 Å². The second kappa shape index (κ2) is 10.3. The fourth-order valence-corrected chi connectivity index (χ4v) is 2.92. The highest BCUT2D eigenvalue weighted by Gasteiger charge is 2.29. The van der Waals surface area contributed by atoms with Gasteiger partial charge in [-0.15, -0.1) is 24.8 Å². The summed E-state index contributed by atoms with van der Waals surface area (Å²) in [6.45, 7) is 1.72. The molecular weight excluding hydrogens is 364 g/mol. The molecule has 0 bridgehead atoms. The van der Waals surface area contributed by atoms with Crippen molar-refractivity contribution in [2.24, 2.45) is 0 Å². The van der Waals surface area contributed by atoms with Crippen LogP contribution in [0, 0.1) is 5.82 Å². The van der Waals surface area contributed by atoms with Crippen LogP contribution in [0.3, 0.4) is 0 Å². The molecule has 23 heavy (non-hydrogen) atoms. The molecule has 1 unspecified atom stereocenters. The predicted molar refractivity (Wildman–Crippen MR) is 96.4 cm³/mol. The van der Waals surface area contributed by atoms with E-state index in [0.29, 0.717) is 0 Å². The van der Waals surface area contributed by atoms with Gasteiger partial charge in [0.1, 0.15) is 11.9 Å². The zero-order valence-corrected chi connectivity index (χ0v) is 15.5. The average molecular weight is 387 g/mol. The number of carbonyl (C=O) groups is 1. The Morgan fingerprint density at radius 1 is 1.43 bits per heavy atom. The van der Waals surface area contributed by atoms with Gasteiger partial charge in [0.05, 0.1) is 0 Å². The topological polar surface area (TPSA) is 44.4 Å². The van der Waals surface area contributed by atoms with Crippen LogP contribution in [0.15, 0.2) is 18.2 Å². The molecule has 1 amide bonds. The minimum atomic E-state index is -0.736. The van der Waals surface area contributed by atoms with Crippen LogP contribution in [0.1, 0.15) is 24.4 Å². The monoisotopic (exact) mass is 385 g/mol. The van der Waals surface area contributed by atoms with E-state index >= 15 is 0 Å². The Hall–Kier alpha value is -0.590. The SMILES string of the molecule is CN(C)C(C(=O)N[C@H]1CCCNC1)c1c(F)cccc1Cl.Cl.Cl. The lowest BCUT2D eigenvalue weighted by molar-refractivity contribution is -0.126. The van der Waals surface area contributed by atoms with E-state index < -0.39 is 11.9 Å². The molecule has 4 nitrogen and oxygen atoms in total. The number of piperidine rings is 1. The number of hydrogen-bond donors (Lipinski definition) is 2. The van der Waals surface area contributed by atoms with Crippen molar-refractivity contribution in [3.8, 4) is 0 Å². The molecule has 8 heteroatoms. The van der Waals surface area contributed by atoms with Crippen LogP contribution < -0.4 is 10.6 Å². The standard InChI is InChI=1S/C15H21ClFN3O.2ClH/c1-20(2)14(13-11(16)6-3-7-12(13)17)15(21)19-10-5-4-8-18-9-10;;/h3,6-7,10,14,18H,4-5,8-9H2,1-2H3,(H,19,21);2*1H/t10-,14?;;/m0../s1. The van der Waals surface area contributed by atoms with E-state index in [0.717, 1.165) is 25.9 Å². The zero-order valence-electron chi connectivity index (χ0n) is 13.1. The lowest BCUT2D eigenvalue weighted by Crippen LogP contribution is -2.49. The van der Waals surface area contributed by atoms with Crippen molar-refractivity contribution in [1.82, 2.24) is 15.5 Å². The van der Waals surface area contributed by atoms with Gasteiger partial charge >= 0.3 is 0 Å². The average Bonchev–Trinajstić information content (AvgIpc) is 2.43. The molecule has 1 fully saturated rings. The highest BCUT2D eigenvalue weighted by molar-refractivity contribution is 6.31. The number of amides is 1. The van der Waals surface area contributed by atoms with Crippen molar-refractivity contribution in [1.29, 1.82) is 0 Å². The Morgan fingerprint density at radius 2 is 2.13 bits per heavy atom. The summed E-state index contributed by atoms with van der Waals surface area (Å²) in [5.74, 6) is -0.682. The number of halogens is 4. The molecule has 2 N–H and O–H groups in total. The molecule has 1 aromatic rings. The van der Waals surface area contributed by atoms with Crippen molar-refractivity contribution in [3.05, 3.63) is 34.6 Å². The van der Waals surface area contributed by atoms with E-state index in [-0.39, 0.29) is 47.3 Å². The van der Waals surface area contributed by atoms with Crippen LogP contribution in [-0.4, -0.2) is 44.0 Å². The van der Waals surface area contributed by atoms with Gasteiger partial charge in [0, 0.05) is 23.2 Å². The molecule has 1 aliphatic rings. The van der Waals surface area contributed by atoms with Gasteiger partial charge in [-0.05, 0) is 45.6 Å². The molecule has 0 aliphatic carbocycles. The first kappa shape index (κ1) is 22.4. The van der Waals surface area contributed by atoms with Gasteiger partial charge in [-0.25, -0.2) is 4.39 Å². The third-order valence-corrected chi connectivity index (χ3v) is 4.01. The van der Waals surface area contributed by atoms with Crippen molar-refractivity contribution in [2.75, 3.05) is 27.2 Å². The zero-order chi connectivity index (χ0) is 15.4. The van der Waals surface area contributed by atoms with E-state index in [1.807, 2.05) is 0 Å². The van der Waals surface area contributed by atoms with Crippen LogP contribution in [0.4, 0.5) is 4.39 Å². The molecule has 1 saturated heterocycles. The molecule has 0 aromatic heterocycles. The van der Waals surface area contributed by atoms with Crippen molar-refractivity contribution in [2.45, 2.75) is 24.9 Å². The molecule has 2 rings (SSSR count). The van der Waals surface area contributed by atoms with Gasteiger partial charge in [-0.3, -0.25) is 9.69 Å². The summed E-state index contributed by atoms with van der Waals surface area (Å²) >= 11 is 6.10. The summed E-state index contributed by atoms with van der Waals surface area (Å²) in [4.78, 5) is 14.2. The fraction of sp³-hybridized carbons (Fsp3) is 0.533. The number of benzene rings is 1. The van der Waals surface area contributed by atoms with Gasteiger partial charge in [-0.1, -0.05) is 17.7 Å². The van der Waals surface area contributed by atoms with E-state index in [4.69, 9.17) is 11.6 Å². The third kappa shape index (κ3) is 5.76. The van der Waals surface area contributed by atoms with Gasteiger partial charge in [0.25, 0.3) is 0 Å². The Labute approximate surface area is 154 Å². The van der Waals surface area contributed by atoms with Crippen LogP contribution in [0.5, 0.6) is 0 Å². The lowest BCUT2D eigenvalue weighted by Gasteiger charge is -2.29. The van der Waals surface area contributed by atoms with Gasteiger partial charge in [0.2, 0.25) is 5.91 Å². The first-order valence-electron chi connectivity index (χ1n) is 7.12. The first-order chi connectivity index (χ1) is 10.0. The number of hydrogen-bond acceptors (Lipinski definition) is 3. The molecule has 0 saturated carbocycles. The summed E-state index contributed by atoms with van der Waals surface area (Å²) in [6.07, 6.45) is 1.96. The smallest absolute Gasteiger partial charge is 0.242 e. The highest BCUT2D eigenvalue weighted by atomic mass is 35.5. The van der Waals surface area contributed by atoms with E-state index in [1.165, 1.54) is 12.1 Å². The molecular formula is C15H23Cl3FN3O. The second-order valence-corrected chi connectivity index (χ2v) is 5.96. The Kier molecular flexibility index (Phi) is 10.0. The maximum Gasteiger partial charge on any atom is 0.242 e. The first-order valence-corrected chi connectivity index (χ1v) is 7.50. The molecule has 2 atom stereocenters.